The third kappa shape index (κ3) is 19.1. The fourth-order valence-electron chi connectivity index (χ4n) is 0.450. The minimum absolute atomic E-state index is 0. The van der Waals surface area contributed by atoms with Gasteiger partial charge in [0.2, 0.25) is 0 Å². The summed E-state index contributed by atoms with van der Waals surface area (Å²) in [6.45, 7) is -2.88. The molecule has 2 N–H and O–H groups in total. The van der Waals surface area contributed by atoms with Crippen molar-refractivity contribution in [2.45, 2.75) is 12.8 Å². The first-order valence-corrected chi connectivity index (χ1v) is 5.60. The molecule has 0 bridgehead atoms. The number of nitrogens with two attached hydrogens (primary N) is 1. The molecule has 0 aromatic heterocycles. The molecule has 0 spiro atoms. The quantitative estimate of drug-likeness (QED) is 0.286. The van der Waals surface area contributed by atoms with Gasteiger partial charge in [0.25, 0.3) is 0 Å². The van der Waals surface area contributed by atoms with E-state index in [4.69, 9.17) is 5.73 Å². The van der Waals surface area contributed by atoms with E-state index in [0.717, 1.165) is 6.42 Å². The fraction of sp³-hybridized carbons (Fsp3) is 1.00. The van der Waals surface area contributed by atoms with Gasteiger partial charge in [-0.2, -0.15) is 0 Å². The average Bonchev–Trinajstić information content (AvgIpc) is 1.63. The summed E-state index contributed by atoms with van der Waals surface area (Å²) < 4.78 is 0. The Morgan fingerprint density at radius 3 is 1.91 bits per heavy atom. The van der Waals surface area contributed by atoms with Crippen LogP contribution in [0, 0.1) is 0 Å². The van der Waals surface area contributed by atoms with E-state index in [1.165, 1.54) is 0 Å². The van der Waals surface area contributed by atoms with E-state index >= 15 is 0 Å². The summed E-state index contributed by atoms with van der Waals surface area (Å²) in [5.41, 5.74) is 5.13. The van der Waals surface area contributed by atoms with Gasteiger partial charge >= 0.3 is 59.1 Å². The molecule has 11 heavy (non-hydrogen) atoms. The van der Waals surface area contributed by atoms with Crippen molar-refractivity contribution < 1.29 is 68.9 Å². The molecule has 0 aliphatic carbocycles. The van der Waals surface area contributed by atoms with Gasteiger partial charge < -0.3 is 15.5 Å². The van der Waals surface area contributed by atoms with Gasteiger partial charge in [-0.25, -0.2) is 6.49 Å². The maximum atomic E-state index is 10.3. The Bertz CT molecular complexity index is 121. The van der Waals surface area contributed by atoms with Gasteiger partial charge in [-0.15, -0.1) is 11.8 Å². The second kappa shape index (κ2) is 10.6. The Morgan fingerprint density at radius 1 is 1.18 bits per heavy atom. The molecule has 56 valence electrons. The van der Waals surface area contributed by atoms with Crippen LogP contribution in [0.3, 0.4) is 0 Å². The van der Waals surface area contributed by atoms with Gasteiger partial charge in [0, 0.05) is 0 Å². The molecule has 7 heteroatoms. The van der Waals surface area contributed by atoms with Crippen LogP contribution in [0.5, 0.6) is 0 Å². The first-order chi connectivity index (χ1) is 4.06. The predicted molar refractivity (Wildman–Crippen MR) is 37.4 cm³/mol. The number of hydrogen-bond acceptors (Lipinski definition) is 4. The van der Waals surface area contributed by atoms with Crippen LogP contribution >= 0.6 is 6.49 Å². The Kier molecular flexibility index (Phi) is 18.5. The molecule has 0 heterocycles. The van der Waals surface area contributed by atoms with Crippen molar-refractivity contribution in [1.29, 1.82) is 0 Å². The normalized spacial score (nSPS) is 9.73. The van der Waals surface area contributed by atoms with Crippen molar-refractivity contribution in [3.8, 4) is 0 Å². The second-order valence-corrected chi connectivity index (χ2v) is 5.17. The predicted octanol–water partition coefficient (Wildman–Crippen LogP) is -7.24. The van der Waals surface area contributed by atoms with E-state index in [0.29, 0.717) is 13.0 Å². The van der Waals surface area contributed by atoms with Gasteiger partial charge in [-0.05, 0) is 19.4 Å². The standard InChI is InChI=1S/C4H12NO2PS.2Na/c5-3-1-2-4-8(6,7)9;;/h1-5H2,(H2,6,7,9);;/q;2*+1/p-2. The van der Waals surface area contributed by atoms with Crippen LogP contribution in [0.25, 0.3) is 0 Å². The molecule has 0 unspecified atom stereocenters. The van der Waals surface area contributed by atoms with Gasteiger partial charge in [0.1, 0.15) is 0 Å². The molecule has 0 fully saturated rings. The first kappa shape index (κ1) is 19.2. The zero-order valence-electron chi connectivity index (χ0n) is 7.08. The molecule has 0 aromatic rings. The maximum absolute atomic E-state index is 10.3. The van der Waals surface area contributed by atoms with Crippen molar-refractivity contribution in [3.05, 3.63) is 0 Å². The van der Waals surface area contributed by atoms with Crippen LogP contribution in [0.15, 0.2) is 0 Å². The Hall–Kier alpha value is 2.53. The smallest absolute Gasteiger partial charge is 0.832 e. The minimum atomic E-state index is -3.42. The summed E-state index contributed by atoms with van der Waals surface area (Å²) >= 11 is 4.16. The second-order valence-electron chi connectivity index (χ2n) is 1.83. The van der Waals surface area contributed by atoms with E-state index < -0.39 is 6.49 Å². The SMILES string of the molecule is NCCCCP([O-])([O-])=S.[Na+].[Na+]. The molecule has 0 amide bonds. The zero-order valence-corrected chi connectivity index (χ0v) is 12.8. The van der Waals surface area contributed by atoms with Crippen molar-refractivity contribution in [1.82, 2.24) is 0 Å². The van der Waals surface area contributed by atoms with Crippen molar-refractivity contribution in [2.75, 3.05) is 12.7 Å². The van der Waals surface area contributed by atoms with Crippen LogP contribution in [0.2, 0.25) is 0 Å². The maximum Gasteiger partial charge on any atom is 1.00 e. The molecular formula is C4H10NNa2O2PS. The van der Waals surface area contributed by atoms with Gasteiger partial charge in [-0.3, -0.25) is 0 Å². The van der Waals surface area contributed by atoms with E-state index in [2.05, 4.69) is 11.8 Å². The van der Waals surface area contributed by atoms with Crippen LogP contribution < -0.4 is 74.6 Å². The molecule has 0 aromatic carbocycles. The topological polar surface area (TPSA) is 72.1 Å². The van der Waals surface area contributed by atoms with Crippen LogP contribution in [0.1, 0.15) is 12.8 Å². The van der Waals surface area contributed by atoms with E-state index in [1.807, 2.05) is 0 Å². The number of rotatable bonds is 4. The summed E-state index contributed by atoms with van der Waals surface area (Å²) in [7, 11) is 0. The molecule has 0 saturated heterocycles. The van der Waals surface area contributed by atoms with E-state index in [-0.39, 0.29) is 65.3 Å². The van der Waals surface area contributed by atoms with Crippen molar-refractivity contribution in [3.63, 3.8) is 0 Å². The van der Waals surface area contributed by atoms with Gasteiger partial charge in [-0.1, -0.05) is 6.16 Å². The summed E-state index contributed by atoms with van der Waals surface area (Å²) in [5, 5.41) is 0. The van der Waals surface area contributed by atoms with Crippen LogP contribution in [-0.4, -0.2) is 12.7 Å². The summed E-state index contributed by atoms with van der Waals surface area (Å²) in [5.74, 6) is 0. The molecular weight excluding hydrogens is 203 g/mol. The third-order valence-corrected chi connectivity index (χ3v) is 2.30. The minimum Gasteiger partial charge on any atom is -0.832 e. The third-order valence-electron chi connectivity index (χ3n) is 0.886. The Balaban J connectivity index is -0.000000320. The fourth-order valence-corrected chi connectivity index (χ4v) is 1.45. The van der Waals surface area contributed by atoms with Crippen molar-refractivity contribution in [2.24, 2.45) is 5.73 Å². The molecule has 0 aliphatic rings. The van der Waals surface area contributed by atoms with E-state index in [1.54, 1.807) is 0 Å². The first-order valence-electron chi connectivity index (χ1n) is 2.77. The zero-order chi connectivity index (χ0) is 7.33. The summed E-state index contributed by atoms with van der Waals surface area (Å²) in [6.07, 6.45) is 1.45. The molecule has 3 nitrogen and oxygen atoms in total. The molecule has 0 rings (SSSR count). The van der Waals surface area contributed by atoms with E-state index in [9.17, 15) is 9.79 Å². The molecule has 0 saturated carbocycles. The summed E-state index contributed by atoms with van der Waals surface area (Å²) in [4.78, 5) is 20.6. The monoisotopic (exact) mass is 213 g/mol. The number of unbranched alkanes of at least 4 members (excludes halogenated alkanes) is 1. The largest absolute Gasteiger partial charge is 1.00 e. The Labute approximate surface area is 117 Å². The molecule has 0 radical (unpaired) electrons. The molecule has 0 aliphatic heterocycles. The molecule has 0 atom stereocenters. The number of hydrogen-bond donors (Lipinski definition) is 1. The van der Waals surface area contributed by atoms with Gasteiger partial charge in [0.15, 0.2) is 0 Å². The van der Waals surface area contributed by atoms with Gasteiger partial charge in [0.05, 0.1) is 0 Å². The van der Waals surface area contributed by atoms with Crippen molar-refractivity contribution >= 4 is 18.3 Å². The van der Waals surface area contributed by atoms with Crippen LogP contribution in [-0.2, 0) is 11.8 Å². The Morgan fingerprint density at radius 2 is 1.64 bits per heavy atom. The average molecular weight is 213 g/mol. The van der Waals surface area contributed by atoms with Crippen LogP contribution in [0.4, 0.5) is 0 Å². The summed E-state index contributed by atoms with van der Waals surface area (Å²) in [6, 6.07) is 0.